The van der Waals surface area contributed by atoms with Crippen molar-refractivity contribution in [1.82, 2.24) is 5.32 Å². The molecular weight excluding hydrogens is 296 g/mol. The van der Waals surface area contributed by atoms with Crippen molar-refractivity contribution in [1.29, 1.82) is 0 Å². The van der Waals surface area contributed by atoms with Crippen molar-refractivity contribution in [2.75, 3.05) is 6.61 Å². The predicted octanol–water partition coefficient (Wildman–Crippen LogP) is 3.16. The fourth-order valence-electron chi connectivity index (χ4n) is 2.64. The van der Waals surface area contributed by atoms with Gasteiger partial charge in [0.2, 0.25) is 0 Å². The molecule has 1 unspecified atom stereocenters. The maximum Gasteiger partial charge on any atom is 0.269 e. The van der Waals surface area contributed by atoms with Gasteiger partial charge in [0.15, 0.2) is 0 Å². The summed E-state index contributed by atoms with van der Waals surface area (Å²) in [4.78, 5) is 22.5. The molecule has 6 nitrogen and oxygen atoms in total. The standard InChI is InChI=1S/C17H16N2O4/c1-11-2-7-16-14(10-11)15(8-9-23-16)18-17(20)12-3-5-13(6-4-12)19(21)22/h2-7,10,15H,8-9H2,1H3,(H,18,20). The van der Waals surface area contributed by atoms with Crippen LogP contribution >= 0.6 is 0 Å². The van der Waals surface area contributed by atoms with Crippen LogP contribution in [0.15, 0.2) is 42.5 Å². The lowest BCUT2D eigenvalue weighted by atomic mass is 9.98. The van der Waals surface area contributed by atoms with E-state index in [1.165, 1.54) is 24.3 Å². The van der Waals surface area contributed by atoms with Crippen LogP contribution in [0.1, 0.15) is 33.9 Å². The van der Waals surface area contributed by atoms with Gasteiger partial charge in [0.05, 0.1) is 17.6 Å². The molecule has 0 saturated heterocycles. The summed E-state index contributed by atoms with van der Waals surface area (Å²) in [5, 5.41) is 13.6. The van der Waals surface area contributed by atoms with Crippen LogP contribution in [0.3, 0.4) is 0 Å². The Morgan fingerprint density at radius 1 is 1.26 bits per heavy atom. The SMILES string of the molecule is Cc1ccc2c(c1)C(NC(=O)c1ccc([N+](=O)[O-])cc1)CCO2. The molecule has 0 saturated carbocycles. The topological polar surface area (TPSA) is 81.5 Å². The van der Waals surface area contributed by atoms with Crippen molar-refractivity contribution >= 4 is 11.6 Å². The summed E-state index contributed by atoms with van der Waals surface area (Å²) in [6, 6.07) is 11.4. The number of non-ortho nitro benzene ring substituents is 1. The zero-order valence-corrected chi connectivity index (χ0v) is 12.6. The number of aryl methyl sites for hydroxylation is 1. The third-order valence-corrected chi connectivity index (χ3v) is 3.85. The average Bonchev–Trinajstić information content (AvgIpc) is 2.55. The summed E-state index contributed by atoms with van der Waals surface area (Å²) in [5.74, 6) is 0.537. The molecule has 1 amide bonds. The van der Waals surface area contributed by atoms with Gasteiger partial charge in [-0.1, -0.05) is 17.7 Å². The first kappa shape index (κ1) is 15.0. The van der Waals surface area contributed by atoms with Gasteiger partial charge in [0, 0.05) is 29.7 Å². The molecule has 0 radical (unpaired) electrons. The second-order valence-corrected chi connectivity index (χ2v) is 5.51. The number of hydrogen-bond acceptors (Lipinski definition) is 4. The normalized spacial score (nSPS) is 16.1. The number of benzene rings is 2. The second kappa shape index (κ2) is 6.08. The summed E-state index contributed by atoms with van der Waals surface area (Å²) < 4.78 is 5.61. The van der Waals surface area contributed by atoms with Crippen molar-refractivity contribution in [3.63, 3.8) is 0 Å². The van der Waals surface area contributed by atoms with E-state index in [0.29, 0.717) is 18.6 Å². The monoisotopic (exact) mass is 312 g/mol. The lowest BCUT2D eigenvalue weighted by Crippen LogP contribution is -2.32. The van der Waals surface area contributed by atoms with E-state index in [0.717, 1.165) is 16.9 Å². The van der Waals surface area contributed by atoms with Gasteiger partial charge < -0.3 is 10.1 Å². The van der Waals surface area contributed by atoms with Crippen LogP contribution in [0.4, 0.5) is 5.69 Å². The van der Waals surface area contributed by atoms with Crippen molar-refractivity contribution in [2.24, 2.45) is 0 Å². The van der Waals surface area contributed by atoms with Gasteiger partial charge in [-0.25, -0.2) is 0 Å². The predicted molar refractivity (Wildman–Crippen MR) is 84.6 cm³/mol. The first-order chi connectivity index (χ1) is 11.0. The zero-order valence-electron chi connectivity index (χ0n) is 12.6. The fourth-order valence-corrected chi connectivity index (χ4v) is 2.64. The molecule has 23 heavy (non-hydrogen) atoms. The lowest BCUT2D eigenvalue weighted by Gasteiger charge is -2.27. The number of nitro benzene ring substituents is 1. The Morgan fingerprint density at radius 2 is 2.00 bits per heavy atom. The molecule has 0 aromatic heterocycles. The van der Waals surface area contributed by atoms with Crippen LogP contribution in [-0.2, 0) is 0 Å². The number of rotatable bonds is 3. The highest BCUT2D eigenvalue weighted by Crippen LogP contribution is 2.32. The number of hydrogen-bond donors (Lipinski definition) is 1. The number of ether oxygens (including phenoxy) is 1. The quantitative estimate of drug-likeness (QED) is 0.697. The Kier molecular flexibility index (Phi) is 3.97. The highest BCUT2D eigenvalue weighted by Gasteiger charge is 2.23. The number of carbonyl (C=O) groups is 1. The van der Waals surface area contributed by atoms with Gasteiger partial charge >= 0.3 is 0 Å². The molecule has 1 aliphatic rings. The van der Waals surface area contributed by atoms with Gasteiger partial charge in [-0.3, -0.25) is 14.9 Å². The molecular formula is C17H16N2O4. The Balaban J connectivity index is 1.79. The van der Waals surface area contributed by atoms with Gasteiger partial charge in [-0.15, -0.1) is 0 Å². The van der Waals surface area contributed by atoms with Gasteiger partial charge in [-0.2, -0.15) is 0 Å². The highest BCUT2D eigenvalue weighted by molar-refractivity contribution is 5.94. The van der Waals surface area contributed by atoms with Crippen LogP contribution in [0.2, 0.25) is 0 Å². The number of nitrogens with zero attached hydrogens (tertiary/aromatic N) is 1. The molecule has 2 aromatic carbocycles. The lowest BCUT2D eigenvalue weighted by molar-refractivity contribution is -0.384. The molecule has 1 heterocycles. The number of fused-ring (bicyclic) bond motifs is 1. The minimum absolute atomic E-state index is 0.0337. The molecule has 0 spiro atoms. The number of nitro groups is 1. The maximum absolute atomic E-state index is 12.4. The van der Waals surface area contributed by atoms with Crippen LogP contribution in [-0.4, -0.2) is 17.4 Å². The highest BCUT2D eigenvalue weighted by atomic mass is 16.6. The summed E-state index contributed by atoms with van der Waals surface area (Å²) in [5.41, 5.74) is 2.43. The van der Waals surface area contributed by atoms with Crippen molar-refractivity contribution in [3.05, 3.63) is 69.3 Å². The molecule has 1 aliphatic heterocycles. The Hall–Kier alpha value is -2.89. The molecule has 6 heteroatoms. The Morgan fingerprint density at radius 3 is 2.70 bits per heavy atom. The molecule has 1 N–H and O–H groups in total. The van der Waals surface area contributed by atoms with E-state index in [-0.39, 0.29) is 17.6 Å². The van der Waals surface area contributed by atoms with E-state index in [2.05, 4.69) is 5.32 Å². The summed E-state index contributed by atoms with van der Waals surface area (Å²) in [7, 11) is 0. The Bertz CT molecular complexity index is 756. The molecule has 0 bridgehead atoms. The van der Waals surface area contributed by atoms with Crippen LogP contribution in [0.25, 0.3) is 0 Å². The van der Waals surface area contributed by atoms with Crippen LogP contribution in [0, 0.1) is 17.0 Å². The summed E-state index contributed by atoms with van der Waals surface area (Å²) in [6.07, 6.45) is 0.690. The first-order valence-electron chi connectivity index (χ1n) is 7.33. The summed E-state index contributed by atoms with van der Waals surface area (Å²) in [6.45, 7) is 2.53. The smallest absolute Gasteiger partial charge is 0.269 e. The van der Waals surface area contributed by atoms with Crippen molar-refractivity contribution in [2.45, 2.75) is 19.4 Å². The van der Waals surface area contributed by atoms with E-state index < -0.39 is 4.92 Å². The average molecular weight is 312 g/mol. The third kappa shape index (κ3) is 3.15. The molecule has 3 rings (SSSR count). The van der Waals surface area contributed by atoms with Crippen LogP contribution in [0.5, 0.6) is 5.75 Å². The van der Waals surface area contributed by atoms with Gasteiger partial charge in [-0.05, 0) is 25.1 Å². The zero-order chi connectivity index (χ0) is 16.4. The van der Waals surface area contributed by atoms with E-state index >= 15 is 0 Å². The fraction of sp³-hybridized carbons (Fsp3) is 0.235. The van der Waals surface area contributed by atoms with Crippen LogP contribution < -0.4 is 10.1 Å². The third-order valence-electron chi connectivity index (χ3n) is 3.85. The molecule has 0 aliphatic carbocycles. The second-order valence-electron chi connectivity index (χ2n) is 5.51. The number of carbonyl (C=O) groups excluding carboxylic acids is 1. The molecule has 0 fully saturated rings. The molecule has 118 valence electrons. The summed E-state index contributed by atoms with van der Waals surface area (Å²) >= 11 is 0. The van der Waals surface area contributed by atoms with Gasteiger partial charge in [0.1, 0.15) is 5.75 Å². The van der Waals surface area contributed by atoms with E-state index in [4.69, 9.17) is 4.74 Å². The van der Waals surface area contributed by atoms with E-state index in [9.17, 15) is 14.9 Å². The van der Waals surface area contributed by atoms with Gasteiger partial charge in [0.25, 0.3) is 11.6 Å². The molecule has 1 atom stereocenters. The van der Waals surface area contributed by atoms with E-state index in [1.54, 1.807) is 0 Å². The number of amides is 1. The van der Waals surface area contributed by atoms with Crippen molar-refractivity contribution < 1.29 is 14.5 Å². The molecule has 2 aromatic rings. The first-order valence-corrected chi connectivity index (χ1v) is 7.33. The minimum atomic E-state index is -0.487. The number of nitrogens with one attached hydrogen (secondary N) is 1. The maximum atomic E-state index is 12.4. The largest absolute Gasteiger partial charge is 0.493 e. The van der Waals surface area contributed by atoms with E-state index in [1.807, 2.05) is 25.1 Å². The minimum Gasteiger partial charge on any atom is -0.493 e. The van der Waals surface area contributed by atoms with Crippen molar-refractivity contribution in [3.8, 4) is 5.75 Å². The Labute approximate surface area is 133 Å².